The molecule has 1 aromatic rings. The number of hydrogen-bond acceptors (Lipinski definition) is 2. The van der Waals surface area contributed by atoms with Gasteiger partial charge in [0.2, 0.25) is 0 Å². The fourth-order valence-electron chi connectivity index (χ4n) is 3.17. The van der Waals surface area contributed by atoms with E-state index in [1.807, 2.05) is 11.8 Å². The average Bonchev–Trinajstić information content (AvgIpc) is 2.50. The summed E-state index contributed by atoms with van der Waals surface area (Å²) in [5.41, 5.74) is 0. The van der Waals surface area contributed by atoms with Gasteiger partial charge in [-0.3, -0.25) is 0 Å². The molecule has 2 rings (SSSR count). The molecule has 1 unspecified atom stereocenters. The van der Waals surface area contributed by atoms with Crippen molar-refractivity contribution in [3.05, 3.63) is 28.7 Å². The van der Waals surface area contributed by atoms with Crippen molar-refractivity contribution >= 4 is 27.7 Å². The largest absolute Gasteiger partial charge is 0.316 e. The number of rotatable bonds is 6. The van der Waals surface area contributed by atoms with E-state index >= 15 is 0 Å². The summed E-state index contributed by atoms with van der Waals surface area (Å²) >= 11 is 5.47. The lowest BCUT2D eigenvalue weighted by Crippen LogP contribution is -2.37. The zero-order valence-corrected chi connectivity index (χ0v) is 15.0. The van der Waals surface area contributed by atoms with Crippen molar-refractivity contribution in [3.8, 4) is 0 Å². The van der Waals surface area contributed by atoms with Crippen LogP contribution < -0.4 is 5.32 Å². The highest BCUT2D eigenvalue weighted by Gasteiger charge is 2.26. The summed E-state index contributed by atoms with van der Waals surface area (Å²) in [6.07, 6.45) is 7.05. The number of thioether (sulfide) groups is 1. The van der Waals surface area contributed by atoms with E-state index < -0.39 is 0 Å². The molecular formula is C17H26BrNS. The second kappa shape index (κ2) is 8.45. The van der Waals surface area contributed by atoms with E-state index in [1.165, 1.54) is 42.8 Å². The van der Waals surface area contributed by atoms with Crippen molar-refractivity contribution in [2.45, 2.75) is 50.0 Å². The molecule has 1 aliphatic rings. The molecule has 0 bridgehead atoms. The highest BCUT2D eigenvalue weighted by Crippen LogP contribution is 2.34. The maximum Gasteiger partial charge on any atom is 0.0186 e. The zero-order valence-electron chi connectivity index (χ0n) is 12.6. The van der Waals surface area contributed by atoms with Crippen LogP contribution in [0.2, 0.25) is 0 Å². The Kier molecular flexibility index (Phi) is 6.92. The van der Waals surface area contributed by atoms with Crippen molar-refractivity contribution in [1.82, 2.24) is 5.32 Å². The van der Waals surface area contributed by atoms with Gasteiger partial charge in [0.25, 0.3) is 0 Å². The summed E-state index contributed by atoms with van der Waals surface area (Å²) < 4.78 is 1.16. The lowest BCUT2D eigenvalue weighted by Gasteiger charge is -2.33. The topological polar surface area (TPSA) is 12.0 Å². The van der Waals surface area contributed by atoms with Crippen LogP contribution in [-0.4, -0.2) is 18.8 Å². The molecule has 1 saturated carbocycles. The van der Waals surface area contributed by atoms with Crippen LogP contribution in [0, 0.1) is 11.8 Å². The predicted octanol–water partition coefficient (Wildman–Crippen LogP) is 5.35. The van der Waals surface area contributed by atoms with Gasteiger partial charge < -0.3 is 5.32 Å². The summed E-state index contributed by atoms with van der Waals surface area (Å²) in [4.78, 5) is 1.37. The van der Waals surface area contributed by atoms with Crippen LogP contribution in [-0.2, 0) is 0 Å². The molecule has 1 nitrogen and oxygen atoms in total. The van der Waals surface area contributed by atoms with Crippen LogP contribution >= 0.6 is 27.7 Å². The highest BCUT2D eigenvalue weighted by molar-refractivity contribution is 9.10. The van der Waals surface area contributed by atoms with E-state index in [9.17, 15) is 0 Å². The number of benzene rings is 1. The molecule has 0 aliphatic heterocycles. The summed E-state index contributed by atoms with van der Waals surface area (Å²) in [7, 11) is 2.12. The Balaban J connectivity index is 1.81. The van der Waals surface area contributed by atoms with Crippen LogP contribution in [0.4, 0.5) is 0 Å². The van der Waals surface area contributed by atoms with Gasteiger partial charge in [0.15, 0.2) is 0 Å². The van der Waals surface area contributed by atoms with Gasteiger partial charge in [-0.1, -0.05) is 42.1 Å². The molecule has 0 radical (unpaired) electrons. The summed E-state index contributed by atoms with van der Waals surface area (Å²) in [6, 6.07) is 9.32. The first-order valence-corrected chi connectivity index (χ1v) is 9.56. The number of halogens is 1. The molecule has 0 aromatic heterocycles. The second-order valence-electron chi connectivity index (χ2n) is 5.85. The minimum absolute atomic E-state index is 0.654. The highest BCUT2D eigenvalue weighted by atomic mass is 79.9. The van der Waals surface area contributed by atoms with Crippen molar-refractivity contribution < 1.29 is 0 Å². The fraction of sp³-hybridized carbons (Fsp3) is 0.647. The Morgan fingerprint density at radius 3 is 2.40 bits per heavy atom. The van der Waals surface area contributed by atoms with Gasteiger partial charge in [-0.25, -0.2) is 0 Å². The van der Waals surface area contributed by atoms with Gasteiger partial charge in [-0.15, -0.1) is 11.8 Å². The molecule has 0 amide bonds. The normalized spacial score (nSPS) is 24.6. The van der Waals surface area contributed by atoms with Crippen LogP contribution in [0.15, 0.2) is 33.6 Å². The molecule has 0 saturated heterocycles. The smallest absolute Gasteiger partial charge is 0.0186 e. The molecule has 0 spiro atoms. The first-order valence-electron chi connectivity index (χ1n) is 7.78. The van der Waals surface area contributed by atoms with Crippen LogP contribution in [0.1, 0.15) is 39.0 Å². The van der Waals surface area contributed by atoms with Gasteiger partial charge in [-0.2, -0.15) is 0 Å². The van der Waals surface area contributed by atoms with E-state index in [2.05, 4.69) is 59.5 Å². The van der Waals surface area contributed by atoms with E-state index in [0.29, 0.717) is 6.04 Å². The SMILES string of the molecule is CCC1CCC(C(CSc2ccc(Br)cc2)NC)CC1. The van der Waals surface area contributed by atoms with Crippen molar-refractivity contribution in [1.29, 1.82) is 0 Å². The number of hydrogen-bond donors (Lipinski definition) is 1. The molecule has 1 N–H and O–H groups in total. The van der Waals surface area contributed by atoms with Gasteiger partial charge in [0, 0.05) is 21.2 Å². The molecule has 20 heavy (non-hydrogen) atoms. The van der Waals surface area contributed by atoms with Gasteiger partial charge in [0.05, 0.1) is 0 Å². The molecule has 1 aromatic carbocycles. The zero-order chi connectivity index (χ0) is 14.4. The third-order valence-electron chi connectivity index (χ3n) is 4.65. The average molecular weight is 356 g/mol. The quantitative estimate of drug-likeness (QED) is 0.690. The molecular weight excluding hydrogens is 330 g/mol. The molecule has 1 aliphatic carbocycles. The monoisotopic (exact) mass is 355 g/mol. The predicted molar refractivity (Wildman–Crippen MR) is 93.5 cm³/mol. The summed E-state index contributed by atoms with van der Waals surface area (Å²) in [5, 5.41) is 3.56. The van der Waals surface area contributed by atoms with Crippen molar-refractivity contribution in [2.24, 2.45) is 11.8 Å². The maximum atomic E-state index is 3.56. The number of nitrogens with one attached hydrogen (secondary N) is 1. The van der Waals surface area contributed by atoms with Crippen molar-refractivity contribution in [2.75, 3.05) is 12.8 Å². The van der Waals surface area contributed by atoms with Gasteiger partial charge in [-0.05, 0) is 56.0 Å². The van der Waals surface area contributed by atoms with Crippen LogP contribution in [0.5, 0.6) is 0 Å². The van der Waals surface area contributed by atoms with Crippen LogP contribution in [0.3, 0.4) is 0 Å². The van der Waals surface area contributed by atoms with Gasteiger partial charge in [0.1, 0.15) is 0 Å². The van der Waals surface area contributed by atoms with Gasteiger partial charge >= 0.3 is 0 Å². The van der Waals surface area contributed by atoms with E-state index in [-0.39, 0.29) is 0 Å². The Bertz CT molecular complexity index is 384. The third kappa shape index (κ3) is 4.78. The fourth-order valence-corrected chi connectivity index (χ4v) is 4.57. The second-order valence-corrected chi connectivity index (χ2v) is 7.86. The minimum Gasteiger partial charge on any atom is -0.316 e. The Labute approximate surface area is 136 Å². The van der Waals surface area contributed by atoms with E-state index in [1.54, 1.807) is 0 Å². The molecule has 1 fully saturated rings. The standard InChI is InChI=1S/C17H26BrNS/c1-3-13-4-6-14(7-5-13)17(19-2)12-20-16-10-8-15(18)9-11-16/h8-11,13-14,17,19H,3-7,12H2,1-2H3. The van der Waals surface area contributed by atoms with E-state index in [4.69, 9.17) is 0 Å². The Hall–Kier alpha value is 0.01000. The molecule has 112 valence electrons. The summed E-state index contributed by atoms with van der Waals surface area (Å²) in [6.45, 7) is 2.34. The third-order valence-corrected chi connectivity index (χ3v) is 6.31. The Morgan fingerprint density at radius 1 is 1.20 bits per heavy atom. The van der Waals surface area contributed by atoms with E-state index in [0.717, 1.165) is 16.3 Å². The lowest BCUT2D eigenvalue weighted by atomic mass is 9.78. The minimum atomic E-state index is 0.654. The molecule has 0 heterocycles. The molecule has 3 heteroatoms. The molecule has 1 atom stereocenters. The Morgan fingerprint density at radius 2 is 1.85 bits per heavy atom. The first kappa shape index (κ1) is 16.4. The lowest BCUT2D eigenvalue weighted by molar-refractivity contribution is 0.233. The summed E-state index contributed by atoms with van der Waals surface area (Å²) in [5.74, 6) is 3.04. The maximum absolute atomic E-state index is 3.56. The first-order chi connectivity index (χ1) is 9.72. The van der Waals surface area contributed by atoms with Crippen molar-refractivity contribution in [3.63, 3.8) is 0 Å². The van der Waals surface area contributed by atoms with Crippen LogP contribution in [0.25, 0.3) is 0 Å².